The van der Waals surface area contributed by atoms with Crippen LogP contribution in [0, 0.1) is 17.8 Å². The summed E-state index contributed by atoms with van der Waals surface area (Å²) >= 11 is 0. The highest BCUT2D eigenvalue weighted by Gasteiger charge is 2.36. The van der Waals surface area contributed by atoms with Crippen molar-refractivity contribution in [1.29, 1.82) is 0 Å². The maximum absolute atomic E-state index is 12.5. The van der Waals surface area contributed by atoms with E-state index in [4.69, 9.17) is 0 Å². The minimum Gasteiger partial charge on any atom is -0.326 e. The van der Waals surface area contributed by atoms with E-state index in [1.165, 1.54) is 31.2 Å². The van der Waals surface area contributed by atoms with E-state index in [9.17, 15) is 9.59 Å². The minimum absolute atomic E-state index is 0.0775. The van der Waals surface area contributed by atoms with E-state index in [1.807, 2.05) is 17.0 Å². The van der Waals surface area contributed by atoms with Crippen LogP contribution in [-0.2, 0) is 16.0 Å². The van der Waals surface area contributed by atoms with Crippen LogP contribution in [0.3, 0.4) is 0 Å². The summed E-state index contributed by atoms with van der Waals surface area (Å²) in [6.07, 6.45) is 7.83. The van der Waals surface area contributed by atoms with Gasteiger partial charge in [-0.2, -0.15) is 0 Å². The van der Waals surface area contributed by atoms with Gasteiger partial charge < -0.3 is 10.2 Å². The molecule has 0 saturated heterocycles. The molecule has 1 aliphatic heterocycles. The molecule has 0 radical (unpaired) electrons. The standard InChI is InChI=1S/C20H26N2O2/c1-13(14-4-2-3-5-14)19(23)21-17-8-9-18-16(12-17)10-11-22(18)20(24)15-6-7-15/h8-9,12-15H,2-7,10-11H2,1H3,(H,21,23). The normalized spacial score (nSPS) is 21.6. The second-order valence-electron chi connectivity index (χ2n) is 7.68. The van der Waals surface area contributed by atoms with E-state index in [2.05, 4.69) is 18.3 Å². The molecule has 2 fully saturated rings. The molecular formula is C20H26N2O2. The Bertz CT molecular complexity index is 660. The fourth-order valence-electron chi connectivity index (χ4n) is 4.19. The average Bonchev–Trinajstić information content (AvgIpc) is 3.13. The molecule has 1 unspecified atom stereocenters. The lowest BCUT2D eigenvalue weighted by molar-refractivity contribution is -0.121. The van der Waals surface area contributed by atoms with Crippen LogP contribution in [-0.4, -0.2) is 18.4 Å². The van der Waals surface area contributed by atoms with E-state index in [0.717, 1.165) is 37.2 Å². The second kappa shape index (κ2) is 6.23. The third-order valence-corrected chi connectivity index (χ3v) is 5.96. The van der Waals surface area contributed by atoms with E-state index < -0.39 is 0 Å². The van der Waals surface area contributed by atoms with Crippen LogP contribution in [0.1, 0.15) is 51.0 Å². The Morgan fingerprint density at radius 2 is 1.92 bits per heavy atom. The number of carbonyl (C=O) groups is 2. The van der Waals surface area contributed by atoms with Crippen molar-refractivity contribution in [2.75, 3.05) is 16.8 Å². The Morgan fingerprint density at radius 1 is 1.17 bits per heavy atom. The van der Waals surface area contributed by atoms with Crippen LogP contribution in [0.2, 0.25) is 0 Å². The first-order valence-electron chi connectivity index (χ1n) is 9.38. The number of hydrogen-bond donors (Lipinski definition) is 1. The Hall–Kier alpha value is -1.84. The number of nitrogens with one attached hydrogen (secondary N) is 1. The summed E-state index contributed by atoms with van der Waals surface area (Å²) in [7, 11) is 0. The molecule has 1 atom stereocenters. The molecule has 3 aliphatic rings. The van der Waals surface area contributed by atoms with E-state index >= 15 is 0 Å². The lowest BCUT2D eigenvalue weighted by Crippen LogP contribution is -2.30. The molecular weight excluding hydrogens is 300 g/mol. The topological polar surface area (TPSA) is 49.4 Å². The lowest BCUT2D eigenvalue weighted by Gasteiger charge is -2.19. The van der Waals surface area contributed by atoms with Crippen molar-refractivity contribution in [3.63, 3.8) is 0 Å². The molecule has 2 aliphatic carbocycles. The molecule has 1 heterocycles. The zero-order valence-corrected chi connectivity index (χ0v) is 14.4. The maximum atomic E-state index is 12.5. The molecule has 0 aromatic heterocycles. The highest BCUT2D eigenvalue weighted by atomic mass is 16.2. The number of nitrogens with zero attached hydrogens (tertiary/aromatic N) is 1. The van der Waals surface area contributed by atoms with E-state index in [1.54, 1.807) is 0 Å². The Kier molecular flexibility index (Phi) is 4.07. The number of amides is 2. The summed E-state index contributed by atoms with van der Waals surface area (Å²) in [5.74, 6) is 1.27. The number of fused-ring (bicyclic) bond motifs is 1. The van der Waals surface area contributed by atoms with Gasteiger partial charge in [0.05, 0.1) is 0 Å². The van der Waals surface area contributed by atoms with Crippen molar-refractivity contribution in [2.24, 2.45) is 17.8 Å². The molecule has 128 valence electrons. The molecule has 24 heavy (non-hydrogen) atoms. The van der Waals surface area contributed by atoms with Gasteiger partial charge in [-0.05, 0) is 61.8 Å². The number of rotatable bonds is 4. The van der Waals surface area contributed by atoms with Gasteiger partial charge in [-0.1, -0.05) is 19.8 Å². The van der Waals surface area contributed by atoms with Gasteiger partial charge >= 0.3 is 0 Å². The molecule has 1 aromatic rings. The number of hydrogen-bond acceptors (Lipinski definition) is 2. The second-order valence-corrected chi connectivity index (χ2v) is 7.68. The van der Waals surface area contributed by atoms with Crippen molar-refractivity contribution in [3.8, 4) is 0 Å². The average molecular weight is 326 g/mol. The molecule has 0 bridgehead atoms. The molecule has 1 aromatic carbocycles. The minimum atomic E-state index is 0.0775. The predicted molar refractivity (Wildman–Crippen MR) is 95.0 cm³/mol. The highest BCUT2D eigenvalue weighted by molar-refractivity contribution is 5.99. The highest BCUT2D eigenvalue weighted by Crippen LogP contribution is 2.37. The first kappa shape index (κ1) is 15.7. The van der Waals surface area contributed by atoms with Crippen LogP contribution in [0.5, 0.6) is 0 Å². The fourth-order valence-corrected chi connectivity index (χ4v) is 4.19. The zero-order chi connectivity index (χ0) is 16.7. The van der Waals surface area contributed by atoms with Gasteiger partial charge in [0, 0.05) is 29.8 Å². The van der Waals surface area contributed by atoms with Crippen LogP contribution in [0.15, 0.2) is 18.2 Å². The maximum Gasteiger partial charge on any atom is 0.230 e. The monoisotopic (exact) mass is 326 g/mol. The summed E-state index contributed by atoms with van der Waals surface area (Å²) in [5.41, 5.74) is 3.08. The molecule has 1 N–H and O–H groups in total. The van der Waals surface area contributed by atoms with Crippen molar-refractivity contribution in [1.82, 2.24) is 0 Å². The third-order valence-electron chi connectivity index (χ3n) is 5.96. The van der Waals surface area contributed by atoms with Gasteiger partial charge in [-0.25, -0.2) is 0 Å². The summed E-state index contributed by atoms with van der Waals surface area (Å²) in [4.78, 5) is 26.7. The van der Waals surface area contributed by atoms with Crippen molar-refractivity contribution < 1.29 is 9.59 Å². The summed E-state index contributed by atoms with van der Waals surface area (Å²) in [6.45, 7) is 2.83. The largest absolute Gasteiger partial charge is 0.326 e. The zero-order valence-electron chi connectivity index (χ0n) is 14.4. The first-order valence-corrected chi connectivity index (χ1v) is 9.38. The van der Waals surface area contributed by atoms with Crippen molar-refractivity contribution in [2.45, 2.75) is 51.9 Å². The number of benzene rings is 1. The smallest absolute Gasteiger partial charge is 0.230 e. The predicted octanol–water partition coefficient (Wildman–Crippen LogP) is 3.75. The van der Waals surface area contributed by atoms with Crippen LogP contribution in [0.25, 0.3) is 0 Å². The quantitative estimate of drug-likeness (QED) is 0.916. The first-order chi connectivity index (χ1) is 11.6. The van der Waals surface area contributed by atoms with Gasteiger partial charge in [0.25, 0.3) is 0 Å². The van der Waals surface area contributed by atoms with Crippen LogP contribution < -0.4 is 10.2 Å². The Balaban J connectivity index is 1.44. The SMILES string of the molecule is CC(C(=O)Nc1ccc2c(c1)CCN2C(=O)C1CC1)C1CCCC1. The van der Waals surface area contributed by atoms with Gasteiger partial charge in [0.15, 0.2) is 0 Å². The Morgan fingerprint density at radius 3 is 2.62 bits per heavy atom. The Labute approximate surface area is 143 Å². The van der Waals surface area contributed by atoms with Crippen LogP contribution >= 0.6 is 0 Å². The van der Waals surface area contributed by atoms with Gasteiger partial charge in [0.2, 0.25) is 11.8 Å². The molecule has 2 saturated carbocycles. The van der Waals surface area contributed by atoms with Gasteiger partial charge in [-0.3, -0.25) is 9.59 Å². The third kappa shape index (κ3) is 2.94. The van der Waals surface area contributed by atoms with Crippen LogP contribution in [0.4, 0.5) is 11.4 Å². The van der Waals surface area contributed by atoms with E-state index in [0.29, 0.717) is 5.92 Å². The molecule has 4 heteroatoms. The van der Waals surface area contributed by atoms with Gasteiger partial charge in [-0.15, -0.1) is 0 Å². The lowest BCUT2D eigenvalue weighted by atomic mass is 9.92. The van der Waals surface area contributed by atoms with Crippen molar-refractivity contribution >= 4 is 23.2 Å². The van der Waals surface area contributed by atoms with E-state index in [-0.39, 0.29) is 23.7 Å². The summed E-state index contributed by atoms with van der Waals surface area (Å²) in [5, 5.41) is 3.09. The van der Waals surface area contributed by atoms with Crippen molar-refractivity contribution in [3.05, 3.63) is 23.8 Å². The number of carbonyl (C=O) groups excluding carboxylic acids is 2. The summed E-state index contributed by atoms with van der Waals surface area (Å²) in [6, 6.07) is 5.99. The molecule has 4 nitrogen and oxygen atoms in total. The molecule has 0 spiro atoms. The fraction of sp³-hybridized carbons (Fsp3) is 0.600. The summed E-state index contributed by atoms with van der Waals surface area (Å²) < 4.78 is 0. The molecule has 2 amide bonds. The number of anilines is 2. The molecule has 4 rings (SSSR count). The van der Waals surface area contributed by atoms with Gasteiger partial charge in [0.1, 0.15) is 0 Å².